The zero-order valence-electron chi connectivity index (χ0n) is 10.9. The Morgan fingerprint density at radius 1 is 1.44 bits per heavy atom. The van der Waals surface area contributed by atoms with E-state index in [1.54, 1.807) is 6.33 Å². The average molecular weight is 318 g/mol. The summed E-state index contributed by atoms with van der Waals surface area (Å²) >= 11 is 3.60. The standard InChI is InChI=1S/C12H20BrN3O2/c1-3-5-12(8-13,6-4-2)9-15-7-11(14-10-15)16(17)18/h7,10H,3-6,8-9H2,1-2H3. The number of hydrogen-bond donors (Lipinski definition) is 0. The Balaban J connectivity index is 2.83. The van der Waals surface area contributed by atoms with Crippen LogP contribution < -0.4 is 0 Å². The van der Waals surface area contributed by atoms with Gasteiger partial charge in [-0.05, 0) is 28.2 Å². The van der Waals surface area contributed by atoms with E-state index in [1.165, 1.54) is 6.20 Å². The first-order valence-electron chi connectivity index (χ1n) is 6.29. The van der Waals surface area contributed by atoms with Gasteiger partial charge in [0.1, 0.15) is 6.20 Å². The highest BCUT2D eigenvalue weighted by Crippen LogP contribution is 2.34. The molecule has 1 aromatic heterocycles. The predicted octanol–water partition coefficient (Wildman–Crippen LogP) is 3.77. The summed E-state index contributed by atoms with van der Waals surface area (Å²) in [6.45, 7) is 5.12. The Morgan fingerprint density at radius 2 is 2.06 bits per heavy atom. The van der Waals surface area contributed by atoms with Crippen molar-refractivity contribution in [3.8, 4) is 0 Å². The van der Waals surface area contributed by atoms with Crippen molar-refractivity contribution in [3.63, 3.8) is 0 Å². The lowest BCUT2D eigenvalue weighted by atomic mass is 9.81. The van der Waals surface area contributed by atoms with Crippen LogP contribution in [-0.4, -0.2) is 19.8 Å². The molecular weight excluding hydrogens is 298 g/mol. The van der Waals surface area contributed by atoms with Crippen molar-refractivity contribution >= 4 is 21.7 Å². The maximum absolute atomic E-state index is 10.6. The van der Waals surface area contributed by atoms with E-state index in [4.69, 9.17) is 0 Å². The molecule has 0 aromatic carbocycles. The predicted molar refractivity (Wildman–Crippen MR) is 74.9 cm³/mol. The van der Waals surface area contributed by atoms with E-state index in [9.17, 15) is 10.1 Å². The van der Waals surface area contributed by atoms with E-state index >= 15 is 0 Å². The molecule has 1 aromatic rings. The fourth-order valence-electron chi connectivity index (χ4n) is 2.44. The Bertz CT molecular complexity index is 386. The number of rotatable bonds is 8. The van der Waals surface area contributed by atoms with Crippen LogP contribution in [0.25, 0.3) is 0 Å². The van der Waals surface area contributed by atoms with Crippen molar-refractivity contribution < 1.29 is 4.92 Å². The van der Waals surface area contributed by atoms with Gasteiger partial charge in [-0.25, -0.2) is 0 Å². The molecule has 0 saturated heterocycles. The van der Waals surface area contributed by atoms with Gasteiger partial charge in [0.2, 0.25) is 6.33 Å². The molecule has 0 atom stereocenters. The Hall–Kier alpha value is -0.910. The molecule has 1 heterocycles. The Morgan fingerprint density at radius 3 is 2.44 bits per heavy atom. The zero-order valence-corrected chi connectivity index (χ0v) is 12.5. The SMILES string of the molecule is CCCC(CBr)(CCC)Cn1cnc([N+](=O)[O-])c1. The highest BCUT2D eigenvalue weighted by molar-refractivity contribution is 9.09. The maximum atomic E-state index is 10.6. The lowest BCUT2D eigenvalue weighted by molar-refractivity contribution is -0.389. The number of aromatic nitrogens is 2. The summed E-state index contributed by atoms with van der Waals surface area (Å²) in [5.41, 5.74) is 0.165. The summed E-state index contributed by atoms with van der Waals surface area (Å²) in [4.78, 5) is 14.0. The van der Waals surface area contributed by atoms with Gasteiger partial charge in [0.05, 0.1) is 0 Å². The molecule has 0 bridgehead atoms. The van der Waals surface area contributed by atoms with Crippen molar-refractivity contribution in [2.75, 3.05) is 5.33 Å². The van der Waals surface area contributed by atoms with Crippen molar-refractivity contribution in [2.24, 2.45) is 5.41 Å². The number of imidazole rings is 1. The van der Waals surface area contributed by atoms with Crippen molar-refractivity contribution in [3.05, 3.63) is 22.6 Å². The van der Waals surface area contributed by atoms with Crippen molar-refractivity contribution in [1.29, 1.82) is 0 Å². The van der Waals surface area contributed by atoms with Gasteiger partial charge in [-0.15, -0.1) is 0 Å². The number of alkyl halides is 1. The summed E-state index contributed by atoms with van der Waals surface area (Å²) in [6, 6.07) is 0. The third-order valence-electron chi connectivity index (χ3n) is 3.17. The lowest BCUT2D eigenvalue weighted by Gasteiger charge is -2.31. The fraction of sp³-hybridized carbons (Fsp3) is 0.750. The van der Waals surface area contributed by atoms with Crippen LogP contribution in [0.4, 0.5) is 5.82 Å². The van der Waals surface area contributed by atoms with Crippen LogP contribution in [0, 0.1) is 15.5 Å². The average Bonchev–Trinajstić information content (AvgIpc) is 2.78. The van der Waals surface area contributed by atoms with Gasteiger partial charge in [0, 0.05) is 11.9 Å². The largest absolute Gasteiger partial charge is 0.381 e. The zero-order chi connectivity index (χ0) is 13.6. The highest BCUT2D eigenvalue weighted by Gasteiger charge is 2.28. The minimum Gasteiger partial charge on any atom is -0.358 e. The molecule has 0 radical (unpaired) electrons. The summed E-state index contributed by atoms with van der Waals surface area (Å²) in [6.07, 6.45) is 7.52. The minimum atomic E-state index is -0.452. The third kappa shape index (κ3) is 3.80. The molecule has 0 N–H and O–H groups in total. The molecule has 0 spiro atoms. The molecule has 0 aliphatic heterocycles. The second-order valence-electron chi connectivity index (χ2n) is 4.79. The van der Waals surface area contributed by atoms with Gasteiger partial charge >= 0.3 is 5.82 Å². The normalized spacial score (nSPS) is 11.7. The van der Waals surface area contributed by atoms with Crippen LogP contribution in [0.1, 0.15) is 39.5 Å². The van der Waals surface area contributed by atoms with Crippen LogP contribution >= 0.6 is 15.9 Å². The van der Waals surface area contributed by atoms with E-state index in [0.29, 0.717) is 0 Å². The van der Waals surface area contributed by atoms with Gasteiger partial charge in [-0.2, -0.15) is 0 Å². The molecule has 6 heteroatoms. The fourth-order valence-corrected chi connectivity index (χ4v) is 3.17. The summed E-state index contributed by atoms with van der Waals surface area (Å²) in [5.74, 6) is -0.0773. The minimum absolute atomic E-state index is 0.0773. The number of nitrogens with zero attached hydrogens (tertiary/aromatic N) is 3. The molecule has 18 heavy (non-hydrogen) atoms. The monoisotopic (exact) mass is 317 g/mol. The first kappa shape index (κ1) is 15.1. The molecule has 0 unspecified atom stereocenters. The van der Waals surface area contributed by atoms with Gasteiger partial charge < -0.3 is 14.7 Å². The molecular formula is C12H20BrN3O2. The Labute approximate surface area is 116 Å². The summed E-state index contributed by atoms with van der Waals surface area (Å²) < 4.78 is 1.84. The van der Waals surface area contributed by atoms with Gasteiger partial charge in [-0.3, -0.25) is 0 Å². The summed E-state index contributed by atoms with van der Waals surface area (Å²) in [5, 5.41) is 11.5. The smallest absolute Gasteiger partial charge is 0.358 e. The maximum Gasteiger partial charge on any atom is 0.381 e. The van der Waals surface area contributed by atoms with Crippen LogP contribution in [0.5, 0.6) is 0 Å². The molecule has 1 rings (SSSR count). The molecule has 0 aliphatic carbocycles. The van der Waals surface area contributed by atoms with Crippen LogP contribution in [-0.2, 0) is 6.54 Å². The third-order valence-corrected chi connectivity index (χ3v) is 4.36. The van der Waals surface area contributed by atoms with Crippen molar-refractivity contribution in [1.82, 2.24) is 9.55 Å². The van der Waals surface area contributed by atoms with Crippen LogP contribution in [0.15, 0.2) is 12.5 Å². The van der Waals surface area contributed by atoms with Gasteiger partial charge in [-0.1, -0.05) is 42.6 Å². The van der Waals surface area contributed by atoms with Gasteiger partial charge in [0.15, 0.2) is 0 Å². The molecule has 0 amide bonds. The van der Waals surface area contributed by atoms with Crippen molar-refractivity contribution in [2.45, 2.75) is 46.1 Å². The number of halogens is 1. The second-order valence-corrected chi connectivity index (χ2v) is 5.36. The first-order valence-corrected chi connectivity index (χ1v) is 7.41. The van der Waals surface area contributed by atoms with E-state index in [-0.39, 0.29) is 11.2 Å². The summed E-state index contributed by atoms with van der Waals surface area (Å²) in [7, 11) is 0. The second kappa shape index (κ2) is 6.87. The number of nitro groups is 1. The topological polar surface area (TPSA) is 61.0 Å². The lowest BCUT2D eigenvalue weighted by Crippen LogP contribution is -2.28. The van der Waals surface area contributed by atoms with Crippen LogP contribution in [0.3, 0.4) is 0 Å². The molecule has 0 aliphatic rings. The Kier molecular flexibility index (Phi) is 5.78. The number of hydrogen-bond acceptors (Lipinski definition) is 3. The van der Waals surface area contributed by atoms with E-state index in [1.807, 2.05) is 4.57 Å². The molecule has 102 valence electrons. The molecule has 0 fully saturated rings. The van der Waals surface area contributed by atoms with E-state index in [2.05, 4.69) is 34.8 Å². The van der Waals surface area contributed by atoms with E-state index < -0.39 is 4.92 Å². The van der Waals surface area contributed by atoms with Gasteiger partial charge in [0.25, 0.3) is 0 Å². The highest BCUT2D eigenvalue weighted by atomic mass is 79.9. The van der Waals surface area contributed by atoms with Crippen LogP contribution in [0.2, 0.25) is 0 Å². The van der Waals surface area contributed by atoms with E-state index in [0.717, 1.165) is 37.6 Å². The molecule has 5 nitrogen and oxygen atoms in total. The first-order chi connectivity index (χ1) is 8.56. The molecule has 0 saturated carbocycles. The quantitative estimate of drug-likeness (QED) is 0.416.